The third kappa shape index (κ3) is 4.13. The molecule has 1 amide bonds. The van der Waals surface area contributed by atoms with Gasteiger partial charge in [0.2, 0.25) is 5.88 Å². The number of carbonyl (C=O) groups is 1. The van der Waals surface area contributed by atoms with Crippen LogP contribution in [-0.4, -0.2) is 52.0 Å². The quantitative estimate of drug-likeness (QED) is 0.843. The van der Waals surface area contributed by atoms with E-state index in [0.29, 0.717) is 11.4 Å². The molecule has 2 aromatic rings. The van der Waals surface area contributed by atoms with E-state index in [2.05, 4.69) is 25.2 Å². The van der Waals surface area contributed by atoms with Gasteiger partial charge in [0.15, 0.2) is 0 Å². The van der Waals surface area contributed by atoms with Gasteiger partial charge >= 0.3 is 0 Å². The number of likely N-dealkylation sites (tertiary alicyclic amines) is 1. The number of aromatic nitrogens is 3. The largest absolute Gasteiger partial charge is 0.480 e. The zero-order valence-corrected chi connectivity index (χ0v) is 15.8. The number of imidazole rings is 1. The molecular formula is C20H27N5O2. The first-order valence-electron chi connectivity index (χ1n) is 9.81. The Balaban J connectivity index is 1.45. The third-order valence-corrected chi connectivity index (χ3v) is 5.47. The lowest BCUT2D eigenvalue weighted by molar-refractivity contribution is 0.0921. The number of pyridine rings is 1. The highest BCUT2D eigenvalue weighted by atomic mass is 16.5. The Labute approximate surface area is 159 Å². The molecule has 144 valence electrons. The second-order valence-corrected chi connectivity index (χ2v) is 7.44. The first kappa shape index (κ1) is 18.0. The second-order valence-electron chi connectivity index (χ2n) is 7.44. The molecule has 1 saturated heterocycles. The van der Waals surface area contributed by atoms with Crippen molar-refractivity contribution in [2.45, 2.75) is 51.1 Å². The van der Waals surface area contributed by atoms with Crippen molar-refractivity contribution in [1.29, 1.82) is 0 Å². The average Bonchev–Trinajstić information content (AvgIpc) is 3.29. The van der Waals surface area contributed by atoms with E-state index in [9.17, 15) is 4.79 Å². The predicted octanol–water partition coefficient (Wildman–Crippen LogP) is 2.09. The topological polar surface area (TPSA) is 83.1 Å². The number of amides is 1. The molecule has 27 heavy (non-hydrogen) atoms. The Kier molecular flexibility index (Phi) is 5.38. The van der Waals surface area contributed by atoms with Crippen LogP contribution in [0.4, 0.5) is 0 Å². The number of hydrogen-bond donors (Lipinski definition) is 2. The van der Waals surface area contributed by atoms with Gasteiger partial charge in [-0.25, -0.2) is 9.97 Å². The van der Waals surface area contributed by atoms with Gasteiger partial charge in [-0.2, -0.15) is 0 Å². The van der Waals surface area contributed by atoms with Gasteiger partial charge in [0.05, 0.1) is 13.7 Å². The first-order valence-corrected chi connectivity index (χ1v) is 9.81. The molecule has 1 unspecified atom stereocenters. The number of aryl methyl sites for hydroxylation is 2. The maximum Gasteiger partial charge on any atom is 0.257 e. The monoisotopic (exact) mass is 369 g/mol. The Bertz CT molecular complexity index is 790. The van der Waals surface area contributed by atoms with Gasteiger partial charge in [-0.3, -0.25) is 9.69 Å². The van der Waals surface area contributed by atoms with Crippen LogP contribution in [0.1, 0.15) is 53.1 Å². The van der Waals surface area contributed by atoms with Crippen LogP contribution in [0.15, 0.2) is 18.5 Å². The van der Waals surface area contributed by atoms with Crippen molar-refractivity contribution in [3.05, 3.63) is 41.1 Å². The van der Waals surface area contributed by atoms with Gasteiger partial charge < -0.3 is 15.0 Å². The lowest BCUT2D eigenvalue weighted by atomic mass is 10.1. The fourth-order valence-electron chi connectivity index (χ4n) is 4.11. The van der Waals surface area contributed by atoms with Crippen molar-refractivity contribution in [3.63, 3.8) is 0 Å². The predicted molar refractivity (Wildman–Crippen MR) is 102 cm³/mol. The molecule has 3 heterocycles. The van der Waals surface area contributed by atoms with Crippen molar-refractivity contribution < 1.29 is 9.53 Å². The molecule has 2 N–H and O–H groups in total. The van der Waals surface area contributed by atoms with Gasteiger partial charge in [-0.1, -0.05) is 6.42 Å². The van der Waals surface area contributed by atoms with E-state index >= 15 is 0 Å². The van der Waals surface area contributed by atoms with Crippen molar-refractivity contribution in [3.8, 4) is 5.88 Å². The molecule has 1 atom stereocenters. The number of methoxy groups -OCH3 is 1. The number of ether oxygens (including phenoxy) is 1. The van der Waals surface area contributed by atoms with Crippen molar-refractivity contribution in [2.24, 2.45) is 0 Å². The van der Waals surface area contributed by atoms with Crippen LogP contribution in [0.25, 0.3) is 0 Å². The first-order chi connectivity index (χ1) is 13.2. The summed E-state index contributed by atoms with van der Waals surface area (Å²) in [7, 11) is 1.58. The lowest BCUT2D eigenvalue weighted by Crippen LogP contribution is -2.42. The Morgan fingerprint density at radius 3 is 3.11 bits per heavy atom. The maximum absolute atomic E-state index is 13.0. The molecular weight excluding hydrogens is 342 g/mol. The molecule has 2 aliphatic rings. The minimum Gasteiger partial charge on any atom is -0.480 e. The van der Waals surface area contributed by atoms with Crippen molar-refractivity contribution in [1.82, 2.24) is 25.2 Å². The van der Waals surface area contributed by atoms with E-state index in [1.54, 1.807) is 13.3 Å². The SMILES string of the molecule is COc1nc2c(cc1C(=O)NC1CCCCN(Cc3ncc[nH]3)C1)CCC2. The number of fused-ring (bicyclic) bond motifs is 1. The molecule has 0 spiro atoms. The molecule has 0 radical (unpaired) electrons. The minimum atomic E-state index is -0.0844. The second kappa shape index (κ2) is 8.08. The Hall–Kier alpha value is -2.41. The van der Waals surface area contributed by atoms with E-state index in [1.165, 1.54) is 5.56 Å². The highest BCUT2D eigenvalue weighted by Gasteiger charge is 2.25. The molecule has 0 aromatic carbocycles. The highest BCUT2D eigenvalue weighted by Crippen LogP contribution is 2.26. The standard InChI is InChI=1S/C20H27N5O2/c1-27-20-16(11-14-5-4-7-17(14)24-20)19(26)23-15-6-2-3-10-25(12-15)13-18-21-8-9-22-18/h8-9,11,15H,2-7,10,12-13H2,1H3,(H,21,22)(H,23,26). The van der Waals surface area contributed by atoms with Crippen LogP contribution in [0.3, 0.4) is 0 Å². The number of H-pyrrole nitrogens is 1. The fraction of sp³-hybridized carbons (Fsp3) is 0.550. The number of rotatable bonds is 5. The molecule has 7 nitrogen and oxygen atoms in total. The molecule has 4 rings (SSSR count). The number of nitrogens with zero attached hydrogens (tertiary/aromatic N) is 3. The molecule has 0 bridgehead atoms. The average molecular weight is 369 g/mol. The van der Waals surface area contributed by atoms with Crippen molar-refractivity contribution >= 4 is 5.91 Å². The summed E-state index contributed by atoms with van der Waals surface area (Å²) in [6, 6.07) is 2.09. The van der Waals surface area contributed by atoms with Gasteiger partial charge in [0.1, 0.15) is 11.4 Å². The van der Waals surface area contributed by atoms with E-state index in [0.717, 1.165) is 69.7 Å². The van der Waals surface area contributed by atoms with Crippen LogP contribution in [0.2, 0.25) is 0 Å². The number of carbonyl (C=O) groups excluding carboxylic acids is 1. The molecule has 2 aromatic heterocycles. The van der Waals surface area contributed by atoms with E-state index in [4.69, 9.17) is 4.74 Å². The van der Waals surface area contributed by atoms with Crippen LogP contribution >= 0.6 is 0 Å². The summed E-state index contributed by atoms with van der Waals surface area (Å²) < 4.78 is 5.40. The summed E-state index contributed by atoms with van der Waals surface area (Å²) in [6.07, 6.45) is 9.92. The number of nitrogens with one attached hydrogen (secondary N) is 2. The molecule has 1 aliphatic carbocycles. The molecule has 0 saturated carbocycles. The van der Waals surface area contributed by atoms with Gasteiger partial charge in [0.25, 0.3) is 5.91 Å². The number of aromatic amines is 1. The zero-order chi connectivity index (χ0) is 18.6. The summed E-state index contributed by atoms with van der Waals surface area (Å²) >= 11 is 0. The zero-order valence-electron chi connectivity index (χ0n) is 15.8. The van der Waals surface area contributed by atoms with Crippen LogP contribution in [0, 0.1) is 0 Å². The van der Waals surface area contributed by atoms with Crippen LogP contribution in [-0.2, 0) is 19.4 Å². The normalized spacial score (nSPS) is 20.1. The van der Waals surface area contributed by atoms with E-state index < -0.39 is 0 Å². The lowest BCUT2D eigenvalue weighted by Gasteiger charge is -2.24. The smallest absolute Gasteiger partial charge is 0.257 e. The van der Waals surface area contributed by atoms with Crippen LogP contribution in [0.5, 0.6) is 5.88 Å². The molecule has 1 aliphatic heterocycles. The maximum atomic E-state index is 13.0. The van der Waals surface area contributed by atoms with Gasteiger partial charge in [0, 0.05) is 30.7 Å². The molecule has 7 heteroatoms. The van der Waals surface area contributed by atoms with E-state index in [1.807, 2.05) is 12.3 Å². The van der Waals surface area contributed by atoms with Gasteiger partial charge in [-0.15, -0.1) is 0 Å². The summed E-state index contributed by atoms with van der Waals surface area (Å²) in [6.45, 7) is 2.63. The Morgan fingerprint density at radius 2 is 2.30 bits per heavy atom. The van der Waals surface area contributed by atoms with Crippen molar-refractivity contribution in [2.75, 3.05) is 20.2 Å². The summed E-state index contributed by atoms with van der Waals surface area (Å²) in [5.74, 6) is 1.32. The summed E-state index contributed by atoms with van der Waals surface area (Å²) in [5, 5.41) is 3.22. The third-order valence-electron chi connectivity index (χ3n) is 5.47. The Morgan fingerprint density at radius 1 is 1.37 bits per heavy atom. The molecule has 1 fully saturated rings. The fourth-order valence-corrected chi connectivity index (χ4v) is 4.11. The minimum absolute atomic E-state index is 0.0844. The number of hydrogen-bond acceptors (Lipinski definition) is 5. The van der Waals surface area contributed by atoms with Gasteiger partial charge in [-0.05, 0) is 50.3 Å². The van der Waals surface area contributed by atoms with Crippen LogP contribution < -0.4 is 10.1 Å². The van der Waals surface area contributed by atoms with E-state index in [-0.39, 0.29) is 11.9 Å². The highest BCUT2D eigenvalue weighted by molar-refractivity contribution is 5.96. The summed E-state index contributed by atoms with van der Waals surface area (Å²) in [5.41, 5.74) is 2.81. The summed E-state index contributed by atoms with van der Waals surface area (Å²) in [4.78, 5) is 27.4.